The Labute approximate surface area is 455 Å². The molecule has 0 saturated heterocycles. The molecule has 0 aromatic rings. The molecule has 0 fully saturated rings. The van der Waals surface area contributed by atoms with E-state index in [-0.39, 0.29) is 44.0 Å². The topological polar surface area (TPSA) is 78.9 Å². The lowest BCUT2D eigenvalue weighted by Crippen LogP contribution is -2.30. The Bertz CT molecular complexity index is 1640. The van der Waals surface area contributed by atoms with Crippen molar-refractivity contribution in [2.45, 2.75) is 252 Å². The van der Waals surface area contributed by atoms with Crippen LogP contribution in [0, 0.1) is 0 Å². The van der Waals surface area contributed by atoms with Gasteiger partial charge in [-0.3, -0.25) is 14.4 Å². The molecule has 0 aliphatic rings. The number of carbonyl (C=O) groups is 3. The van der Waals surface area contributed by atoms with Crippen LogP contribution in [0.5, 0.6) is 0 Å². The molecule has 0 heterocycles. The van der Waals surface area contributed by atoms with Gasteiger partial charge in [-0.05, 0) is 109 Å². The third-order valence-corrected chi connectivity index (χ3v) is 12.1. The van der Waals surface area contributed by atoms with Crippen LogP contribution in [-0.4, -0.2) is 37.2 Å². The average molecular weight is 1020 g/mol. The summed E-state index contributed by atoms with van der Waals surface area (Å²) in [5.41, 5.74) is 0. The zero-order valence-corrected chi connectivity index (χ0v) is 47.5. The number of unbranched alkanes of at least 4 members (excludes halogenated alkanes) is 17. The first-order valence-corrected chi connectivity index (χ1v) is 29.8. The van der Waals surface area contributed by atoms with E-state index in [1.165, 1.54) is 83.5 Å². The smallest absolute Gasteiger partial charge is 0.306 e. The zero-order valence-electron chi connectivity index (χ0n) is 47.5. The molecule has 6 nitrogen and oxygen atoms in total. The maximum absolute atomic E-state index is 12.9. The van der Waals surface area contributed by atoms with Crippen molar-refractivity contribution in [3.05, 3.63) is 146 Å². The van der Waals surface area contributed by atoms with Gasteiger partial charge in [-0.2, -0.15) is 0 Å². The Balaban J connectivity index is 4.48. The van der Waals surface area contributed by atoms with Crippen LogP contribution >= 0.6 is 0 Å². The third kappa shape index (κ3) is 58.2. The summed E-state index contributed by atoms with van der Waals surface area (Å²) in [6.07, 6.45) is 87.2. The van der Waals surface area contributed by atoms with E-state index in [4.69, 9.17) is 14.2 Å². The van der Waals surface area contributed by atoms with E-state index in [9.17, 15) is 14.4 Å². The number of esters is 3. The molecule has 0 N–H and O–H groups in total. The fraction of sp³-hybridized carbons (Fsp3) is 0.603. The van der Waals surface area contributed by atoms with Gasteiger partial charge in [0, 0.05) is 19.3 Å². The molecule has 1 atom stereocenters. The van der Waals surface area contributed by atoms with E-state index in [0.717, 1.165) is 109 Å². The lowest BCUT2D eigenvalue weighted by atomic mass is 10.0. The molecule has 0 spiro atoms. The summed E-state index contributed by atoms with van der Waals surface area (Å²) in [7, 11) is 0. The lowest BCUT2D eigenvalue weighted by molar-refractivity contribution is -0.166. The average Bonchev–Trinajstić information content (AvgIpc) is 3.40. The summed E-state index contributed by atoms with van der Waals surface area (Å²) < 4.78 is 16.8. The molecule has 0 radical (unpaired) electrons. The van der Waals surface area contributed by atoms with E-state index in [2.05, 4.69) is 154 Å². The predicted molar refractivity (Wildman–Crippen MR) is 320 cm³/mol. The molecule has 416 valence electrons. The molecule has 0 aliphatic heterocycles. The summed E-state index contributed by atoms with van der Waals surface area (Å²) in [5, 5.41) is 0. The minimum atomic E-state index is -0.829. The maximum atomic E-state index is 12.9. The predicted octanol–water partition coefficient (Wildman–Crippen LogP) is 20.4. The summed E-state index contributed by atoms with van der Waals surface area (Å²) >= 11 is 0. The molecular formula is C68H108O6. The van der Waals surface area contributed by atoms with Crippen molar-refractivity contribution in [2.24, 2.45) is 0 Å². The Hall–Kier alpha value is -4.71. The molecule has 0 aromatic carbocycles. The van der Waals surface area contributed by atoms with Gasteiger partial charge in [-0.15, -0.1) is 0 Å². The van der Waals surface area contributed by atoms with E-state index in [1.807, 2.05) is 12.2 Å². The minimum absolute atomic E-state index is 0.127. The second-order valence-corrected chi connectivity index (χ2v) is 19.1. The van der Waals surface area contributed by atoms with Crippen molar-refractivity contribution >= 4 is 17.9 Å². The molecule has 0 rings (SSSR count). The van der Waals surface area contributed by atoms with Crippen LogP contribution in [0.15, 0.2) is 146 Å². The largest absolute Gasteiger partial charge is 0.462 e. The normalized spacial score (nSPS) is 13.2. The summed E-state index contributed by atoms with van der Waals surface area (Å²) in [5.74, 6) is -1.05. The number of rotatable bonds is 52. The SMILES string of the molecule is CC/C=C\C/C=C\C/C=C\C/C=C\C/C=C\C/C=C\C/C=C\C/C=C\CCCCC(=O)OCC(COC(=O)CC/C=C\C/C=C\C/C=C\C/C=C\CC)OC(=O)CCCCCCCCCCCCCCCCCC. The molecule has 6 heteroatoms. The van der Waals surface area contributed by atoms with Gasteiger partial charge >= 0.3 is 17.9 Å². The molecular weight excluding hydrogens is 913 g/mol. The Kier molecular flexibility index (Phi) is 57.0. The molecule has 0 aromatic heterocycles. The van der Waals surface area contributed by atoms with Crippen molar-refractivity contribution in [2.75, 3.05) is 13.2 Å². The van der Waals surface area contributed by atoms with Crippen LogP contribution in [0.2, 0.25) is 0 Å². The summed E-state index contributed by atoms with van der Waals surface area (Å²) in [6, 6.07) is 0. The quantitative estimate of drug-likeness (QED) is 0.0261. The van der Waals surface area contributed by atoms with E-state index < -0.39 is 6.10 Å². The van der Waals surface area contributed by atoms with Gasteiger partial charge in [0.25, 0.3) is 0 Å². The number of carbonyl (C=O) groups excluding carboxylic acids is 3. The summed E-state index contributed by atoms with van der Waals surface area (Å²) in [4.78, 5) is 38.1. The summed E-state index contributed by atoms with van der Waals surface area (Å²) in [6.45, 7) is 6.31. The van der Waals surface area contributed by atoms with Crippen molar-refractivity contribution < 1.29 is 28.6 Å². The number of allylic oxidation sites excluding steroid dienone is 24. The van der Waals surface area contributed by atoms with Crippen LogP contribution in [0.3, 0.4) is 0 Å². The Morgan fingerprint density at radius 2 is 0.554 bits per heavy atom. The van der Waals surface area contributed by atoms with E-state index in [0.29, 0.717) is 19.3 Å². The highest BCUT2D eigenvalue weighted by Gasteiger charge is 2.19. The standard InChI is InChI=1S/C68H108O6/c1-4-7-10-13-16-19-22-25-27-29-30-31-32-33-34-35-36-37-38-39-41-43-46-49-52-55-58-61-67(70)73-64-65(63-72-66(69)60-57-54-51-48-45-42-24-21-18-15-12-9-6-3)74-68(71)62-59-56-53-50-47-44-40-28-26-23-20-17-14-11-8-5-2/h7,9-10,12,16,18-19,21,25,27,30-31,33-34,36-37,39,41-42,45-46,49,51,54,65H,4-6,8,11,13-15,17,20,22-24,26,28-29,32,35,38,40,43-44,47-48,50,52-53,55-64H2,1-3H3/b10-7-,12-9-,19-16-,21-18-,27-25-,31-30-,34-33-,37-36-,41-39-,45-42-,49-46-,54-51-. The van der Waals surface area contributed by atoms with Crippen molar-refractivity contribution in [3.63, 3.8) is 0 Å². The number of hydrogen-bond acceptors (Lipinski definition) is 6. The van der Waals surface area contributed by atoms with Crippen molar-refractivity contribution in [3.8, 4) is 0 Å². The first-order chi connectivity index (χ1) is 36.5. The first kappa shape index (κ1) is 69.3. The number of ether oxygens (including phenoxy) is 3. The van der Waals surface area contributed by atoms with Gasteiger partial charge in [0.15, 0.2) is 6.10 Å². The second kappa shape index (κ2) is 60.8. The van der Waals surface area contributed by atoms with Gasteiger partial charge in [0.05, 0.1) is 0 Å². The first-order valence-electron chi connectivity index (χ1n) is 29.8. The molecule has 74 heavy (non-hydrogen) atoms. The molecule has 0 bridgehead atoms. The van der Waals surface area contributed by atoms with Gasteiger partial charge in [-0.25, -0.2) is 0 Å². The second-order valence-electron chi connectivity index (χ2n) is 19.1. The number of hydrogen-bond donors (Lipinski definition) is 0. The van der Waals surface area contributed by atoms with Crippen molar-refractivity contribution in [1.29, 1.82) is 0 Å². The van der Waals surface area contributed by atoms with Gasteiger partial charge in [0.2, 0.25) is 0 Å². The molecule has 0 aliphatic carbocycles. The van der Waals surface area contributed by atoms with Crippen LogP contribution in [0.1, 0.15) is 245 Å². The monoisotopic (exact) mass is 1020 g/mol. The molecule has 0 amide bonds. The molecule has 1 unspecified atom stereocenters. The van der Waals surface area contributed by atoms with Crippen molar-refractivity contribution in [1.82, 2.24) is 0 Å². The highest BCUT2D eigenvalue weighted by molar-refractivity contribution is 5.71. The Morgan fingerprint density at radius 1 is 0.284 bits per heavy atom. The minimum Gasteiger partial charge on any atom is -0.462 e. The molecule has 0 saturated carbocycles. The van der Waals surface area contributed by atoms with Crippen LogP contribution in [0.25, 0.3) is 0 Å². The van der Waals surface area contributed by atoms with E-state index in [1.54, 1.807) is 0 Å². The van der Waals surface area contributed by atoms with Gasteiger partial charge < -0.3 is 14.2 Å². The fourth-order valence-electron chi connectivity index (χ4n) is 7.71. The highest BCUT2D eigenvalue weighted by Crippen LogP contribution is 2.15. The maximum Gasteiger partial charge on any atom is 0.306 e. The third-order valence-electron chi connectivity index (χ3n) is 12.1. The zero-order chi connectivity index (χ0) is 53.6. The van der Waals surface area contributed by atoms with E-state index >= 15 is 0 Å². The lowest BCUT2D eigenvalue weighted by Gasteiger charge is -2.18. The van der Waals surface area contributed by atoms with Crippen LogP contribution in [0.4, 0.5) is 0 Å². The van der Waals surface area contributed by atoms with Gasteiger partial charge in [-0.1, -0.05) is 263 Å². The van der Waals surface area contributed by atoms with Crippen LogP contribution < -0.4 is 0 Å². The Morgan fingerprint density at radius 3 is 0.905 bits per heavy atom. The fourth-order valence-corrected chi connectivity index (χ4v) is 7.71. The van der Waals surface area contributed by atoms with Gasteiger partial charge in [0.1, 0.15) is 13.2 Å². The van der Waals surface area contributed by atoms with Crippen LogP contribution in [-0.2, 0) is 28.6 Å². The highest BCUT2D eigenvalue weighted by atomic mass is 16.6.